The number of rotatable bonds is 4. The van der Waals surface area contributed by atoms with Gasteiger partial charge in [-0.1, -0.05) is 26.8 Å². The molecule has 3 nitrogen and oxygen atoms in total. The molecule has 1 fully saturated rings. The molecule has 0 aromatic heterocycles. The molecule has 3 N–H and O–H groups in total. The molecule has 2 rings (SSSR count). The summed E-state index contributed by atoms with van der Waals surface area (Å²) in [5.74, 6) is 1.17. The second kappa shape index (κ2) is 6.76. The van der Waals surface area contributed by atoms with Crippen molar-refractivity contribution in [1.82, 2.24) is 0 Å². The molecule has 1 aliphatic rings. The summed E-state index contributed by atoms with van der Waals surface area (Å²) in [7, 11) is 0. The topological polar surface area (TPSA) is 53.1 Å². The molecule has 0 amide bonds. The van der Waals surface area contributed by atoms with Gasteiger partial charge in [-0.25, -0.2) is 0 Å². The van der Waals surface area contributed by atoms with Crippen molar-refractivity contribution in [3.05, 3.63) is 23.8 Å². The lowest BCUT2D eigenvalue weighted by Gasteiger charge is -2.37. The summed E-state index contributed by atoms with van der Waals surface area (Å²) in [6.45, 7) is 8.71. The number of hydrogen-bond donors (Lipinski definition) is 2. The zero-order valence-corrected chi connectivity index (χ0v) is 14.0. The summed E-state index contributed by atoms with van der Waals surface area (Å²) in [5.41, 5.74) is 7.89. The summed E-state index contributed by atoms with van der Waals surface area (Å²) in [6, 6.07) is 6.25. The smallest absolute Gasteiger partial charge is 0.126 e. The first-order valence-corrected chi connectivity index (χ1v) is 8.96. The fraction of sp³-hybridized carbons (Fsp3) is 0.533. The number of thioether (sulfide) groups is 2. The van der Waals surface area contributed by atoms with Gasteiger partial charge < -0.3 is 10.6 Å². The van der Waals surface area contributed by atoms with Gasteiger partial charge in [-0.05, 0) is 17.9 Å². The van der Waals surface area contributed by atoms with Crippen molar-refractivity contribution < 1.29 is 0 Å². The van der Waals surface area contributed by atoms with Crippen LogP contribution in [0, 0.1) is 5.41 Å². The van der Waals surface area contributed by atoms with Crippen molar-refractivity contribution in [2.75, 3.05) is 23.7 Å². The number of nitrogen functional groups attached to an aromatic ring is 1. The van der Waals surface area contributed by atoms with Crippen molar-refractivity contribution in [2.24, 2.45) is 5.73 Å². The molecule has 2 unspecified atom stereocenters. The first-order valence-electron chi connectivity index (χ1n) is 7.03. The van der Waals surface area contributed by atoms with Crippen LogP contribution < -0.4 is 10.6 Å². The summed E-state index contributed by atoms with van der Waals surface area (Å²) in [6.07, 6.45) is 0. The molecule has 0 radical (unpaired) electrons. The molecule has 1 aromatic carbocycles. The highest BCUT2D eigenvalue weighted by atomic mass is 32.2. The van der Waals surface area contributed by atoms with E-state index in [9.17, 15) is 0 Å². The van der Waals surface area contributed by atoms with E-state index in [1.807, 2.05) is 11.8 Å². The van der Waals surface area contributed by atoms with Crippen molar-refractivity contribution >= 4 is 35.0 Å². The number of nitrogens with two attached hydrogens (primary N) is 1. The Morgan fingerprint density at radius 1 is 1.40 bits per heavy atom. The van der Waals surface area contributed by atoms with Gasteiger partial charge in [0.1, 0.15) is 5.84 Å². The molecular formula is C15H23N3S2. The molecular weight excluding hydrogens is 286 g/mol. The Kier molecular flexibility index (Phi) is 5.27. The van der Waals surface area contributed by atoms with Crippen LogP contribution in [0.25, 0.3) is 0 Å². The van der Waals surface area contributed by atoms with E-state index >= 15 is 0 Å². The van der Waals surface area contributed by atoms with Crippen LogP contribution in [-0.2, 0) is 0 Å². The van der Waals surface area contributed by atoms with E-state index in [2.05, 4.69) is 43.9 Å². The molecule has 0 spiro atoms. The van der Waals surface area contributed by atoms with E-state index in [0.717, 1.165) is 35.0 Å². The summed E-state index contributed by atoms with van der Waals surface area (Å²) in [4.78, 5) is 3.51. The van der Waals surface area contributed by atoms with E-state index in [0.29, 0.717) is 10.5 Å². The highest BCUT2D eigenvalue weighted by molar-refractivity contribution is 8.00. The average molecular weight is 310 g/mol. The summed E-state index contributed by atoms with van der Waals surface area (Å²) >= 11 is 3.79. The summed E-state index contributed by atoms with van der Waals surface area (Å²) < 4.78 is 0. The number of benzene rings is 1. The van der Waals surface area contributed by atoms with E-state index in [-0.39, 0.29) is 5.84 Å². The van der Waals surface area contributed by atoms with Crippen molar-refractivity contribution in [3.8, 4) is 0 Å². The fourth-order valence-corrected chi connectivity index (χ4v) is 4.87. The number of amidine groups is 1. The molecule has 1 saturated heterocycles. The maximum atomic E-state index is 7.95. The Morgan fingerprint density at radius 3 is 2.60 bits per heavy atom. The predicted octanol–water partition coefficient (Wildman–Crippen LogP) is 3.41. The van der Waals surface area contributed by atoms with Gasteiger partial charge in [-0.2, -0.15) is 11.8 Å². The van der Waals surface area contributed by atoms with Gasteiger partial charge in [0.2, 0.25) is 0 Å². The molecule has 1 aromatic rings. The first kappa shape index (κ1) is 15.6. The van der Waals surface area contributed by atoms with Crippen LogP contribution in [0.4, 0.5) is 5.69 Å². The Labute approximate surface area is 130 Å². The lowest BCUT2D eigenvalue weighted by atomic mass is 10.1. The molecule has 0 bridgehead atoms. The van der Waals surface area contributed by atoms with Crippen LogP contribution in [0.1, 0.15) is 26.3 Å². The maximum absolute atomic E-state index is 7.95. The van der Waals surface area contributed by atoms with Crippen LogP contribution in [-0.4, -0.2) is 35.2 Å². The molecule has 0 aliphatic carbocycles. The fourth-order valence-electron chi connectivity index (χ4n) is 2.70. The van der Waals surface area contributed by atoms with E-state index in [1.54, 1.807) is 11.8 Å². The minimum absolute atomic E-state index is 0.176. The van der Waals surface area contributed by atoms with Crippen molar-refractivity contribution in [1.29, 1.82) is 5.41 Å². The quantitative estimate of drug-likeness (QED) is 0.508. The van der Waals surface area contributed by atoms with Gasteiger partial charge in [0, 0.05) is 34.2 Å². The molecule has 20 heavy (non-hydrogen) atoms. The average Bonchev–Trinajstić information content (AvgIpc) is 2.37. The van der Waals surface area contributed by atoms with Crippen LogP contribution in [0.15, 0.2) is 23.1 Å². The third-order valence-corrected chi connectivity index (χ3v) is 5.50. The van der Waals surface area contributed by atoms with Gasteiger partial charge >= 0.3 is 0 Å². The zero-order chi connectivity index (χ0) is 14.7. The predicted molar refractivity (Wildman–Crippen MR) is 92.6 cm³/mol. The van der Waals surface area contributed by atoms with Gasteiger partial charge in [-0.3, -0.25) is 5.41 Å². The van der Waals surface area contributed by atoms with Crippen LogP contribution in [0.2, 0.25) is 0 Å². The Bertz CT molecular complexity index is 480. The Morgan fingerprint density at radius 2 is 2.05 bits per heavy atom. The van der Waals surface area contributed by atoms with Crippen LogP contribution in [0.3, 0.4) is 0 Å². The maximum Gasteiger partial charge on any atom is 0.126 e. The number of anilines is 1. The second-order valence-electron chi connectivity index (χ2n) is 5.16. The van der Waals surface area contributed by atoms with Crippen molar-refractivity contribution in [2.45, 2.75) is 36.2 Å². The molecule has 110 valence electrons. The highest BCUT2D eigenvalue weighted by Crippen LogP contribution is 2.34. The third-order valence-electron chi connectivity index (χ3n) is 3.33. The van der Waals surface area contributed by atoms with Crippen LogP contribution >= 0.6 is 23.5 Å². The lowest BCUT2D eigenvalue weighted by Crippen LogP contribution is -2.41. The second-order valence-corrected chi connectivity index (χ2v) is 8.35. The Balaban J connectivity index is 2.39. The zero-order valence-electron chi connectivity index (χ0n) is 12.3. The summed E-state index contributed by atoms with van der Waals surface area (Å²) in [5, 5.41) is 9.17. The van der Waals surface area contributed by atoms with E-state index in [1.165, 1.54) is 0 Å². The molecule has 0 saturated carbocycles. The first-order chi connectivity index (χ1) is 9.52. The number of hydrogen-bond acceptors (Lipinski definition) is 4. The normalized spacial score (nSPS) is 22.9. The monoisotopic (exact) mass is 309 g/mol. The molecule has 1 aliphatic heterocycles. The standard InChI is InChI=1S/C15H23N3S2/c1-4-19-13-7-5-6-12(14(13)15(16)17)18-8-10(2)20-11(3)9-18/h5-7,10-11H,4,8-9H2,1-3H3,(H3,16,17). The molecule has 1 heterocycles. The Hall–Kier alpha value is -0.810. The van der Waals surface area contributed by atoms with E-state index < -0.39 is 0 Å². The minimum atomic E-state index is 0.176. The van der Waals surface area contributed by atoms with E-state index in [4.69, 9.17) is 11.1 Å². The SMILES string of the molecule is CCSc1cccc(N2CC(C)SC(C)C2)c1C(=N)N. The molecule has 2 atom stereocenters. The lowest BCUT2D eigenvalue weighted by molar-refractivity contribution is 0.727. The molecule has 5 heteroatoms. The van der Waals surface area contributed by atoms with Crippen LogP contribution in [0.5, 0.6) is 0 Å². The van der Waals surface area contributed by atoms with Gasteiger partial charge in [0.05, 0.1) is 5.56 Å². The highest BCUT2D eigenvalue weighted by Gasteiger charge is 2.25. The number of nitrogens with one attached hydrogen (secondary N) is 1. The largest absolute Gasteiger partial charge is 0.384 e. The van der Waals surface area contributed by atoms with Gasteiger partial charge in [0.25, 0.3) is 0 Å². The third kappa shape index (κ3) is 3.44. The van der Waals surface area contributed by atoms with Gasteiger partial charge in [-0.15, -0.1) is 11.8 Å². The van der Waals surface area contributed by atoms with Gasteiger partial charge in [0.15, 0.2) is 0 Å². The van der Waals surface area contributed by atoms with Crippen molar-refractivity contribution in [3.63, 3.8) is 0 Å². The number of nitrogens with zero attached hydrogens (tertiary/aromatic N) is 1. The minimum Gasteiger partial charge on any atom is -0.384 e.